The molecule has 0 saturated carbocycles. The lowest BCUT2D eigenvalue weighted by Gasteiger charge is -2.34. The molecule has 1 atom stereocenters. The van der Waals surface area contributed by atoms with Crippen molar-refractivity contribution < 1.29 is 9.66 Å². The van der Waals surface area contributed by atoms with Crippen LogP contribution in [-0.2, 0) is 0 Å². The standard InChI is InChI=1S/C14H16N2O3/c17-16(18)12-10-11-6-2-3-7-13(11)19-14(12)15-8-4-1-5-9-15/h2-3,6-7,10,14H,1,4-5,8-9H2. The Balaban J connectivity index is 1.94. The zero-order valence-corrected chi connectivity index (χ0v) is 10.6. The molecule has 1 unspecified atom stereocenters. The van der Waals surface area contributed by atoms with Gasteiger partial charge in [-0.1, -0.05) is 24.6 Å². The van der Waals surface area contributed by atoms with Crippen LogP contribution >= 0.6 is 0 Å². The number of para-hydroxylation sites is 1. The largest absolute Gasteiger partial charge is 0.464 e. The number of fused-ring (bicyclic) bond motifs is 1. The molecule has 0 amide bonds. The Bertz CT molecular complexity index is 521. The molecule has 1 saturated heterocycles. The van der Waals surface area contributed by atoms with Gasteiger partial charge in [-0.3, -0.25) is 15.0 Å². The van der Waals surface area contributed by atoms with Crippen LogP contribution in [-0.4, -0.2) is 29.1 Å². The maximum atomic E-state index is 11.2. The van der Waals surface area contributed by atoms with E-state index in [2.05, 4.69) is 4.90 Å². The molecule has 1 aromatic rings. The van der Waals surface area contributed by atoms with Crippen molar-refractivity contribution in [2.75, 3.05) is 13.1 Å². The van der Waals surface area contributed by atoms with E-state index in [4.69, 9.17) is 4.74 Å². The average molecular weight is 260 g/mol. The maximum absolute atomic E-state index is 11.2. The monoisotopic (exact) mass is 260 g/mol. The first kappa shape index (κ1) is 12.2. The topological polar surface area (TPSA) is 55.6 Å². The summed E-state index contributed by atoms with van der Waals surface area (Å²) in [6.07, 6.45) is 4.43. The van der Waals surface area contributed by atoms with E-state index in [1.54, 1.807) is 6.08 Å². The summed E-state index contributed by atoms with van der Waals surface area (Å²) in [7, 11) is 0. The van der Waals surface area contributed by atoms with Gasteiger partial charge in [0, 0.05) is 24.7 Å². The van der Waals surface area contributed by atoms with Crippen LogP contribution in [0.3, 0.4) is 0 Å². The van der Waals surface area contributed by atoms with Crippen molar-refractivity contribution in [3.63, 3.8) is 0 Å². The zero-order chi connectivity index (χ0) is 13.2. The molecule has 3 rings (SSSR count). The second kappa shape index (κ2) is 5.01. The number of benzene rings is 1. The Labute approximate surface area is 111 Å². The molecule has 0 aromatic heterocycles. The fraction of sp³-hybridized carbons (Fsp3) is 0.429. The number of nitrogens with zero attached hydrogens (tertiary/aromatic N) is 2. The fourth-order valence-electron chi connectivity index (χ4n) is 2.68. The first-order valence-electron chi connectivity index (χ1n) is 6.61. The molecule has 2 aliphatic rings. The van der Waals surface area contributed by atoms with Gasteiger partial charge in [0.25, 0.3) is 0 Å². The van der Waals surface area contributed by atoms with Crippen LogP contribution in [0.4, 0.5) is 0 Å². The number of hydrogen-bond acceptors (Lipinski definition) is 4. The summed E-state index contributed by atoms with van der Waals surface area (Å²) in [5, 5.41) is 11.2. The van der Waals surface area contributed by atoms with Crippen molar-refractivity contribution in [1.29, 1.82) is 0 Å². The normalized spacial score (nSPS) is 23.2. The van der Waals surface area contributed by atoms with Gasteiger partial charge >= 0.3 is 5.70 Å². The number of rotatable bonds is 2. The molecule has 2 heterocycles. The number of likely N-dealkylation sites (tertiary alicyclic amines) is 1. The fourth-order valence-corrected chi connectivity index (χ4v) is 2.68. The Kier molecular flexibility index (Phi) is 3.21. The lowest BCUT2D eigenvalue weighted by molar-refractivity contribution is -0.439. The first-order valence-corrected chi connectivity index (χ1v) is 6.61. The molecule has 5 heteroatoms. The van der Waals surface area contributed by atoms with Crippen molar-refractivity contribution in [2.24, 2.45) is 0 Å². The smallest absolute Gasteiger partial charge is 0.302 e. The Hall–Kier alpha value is -1.88. The summed E-state index contributed by atoms with van der Waals surface area (Å²) in [5.41, 5.74) is 0.919. The van der Waals surface area contributed by atoms with Crippen molar-refractivity contribution in [1.82, 2.24) is 4.90 Å². The lowest BCUT2D eigenvalue weighted by Crippen LogP contribution is -2.46. The Morgan fingerprint density at radius 3 is 2.68 bits per heavy atom. The van der Waals surface area contributed by atoms with Crippen LogP contribution < -0.4 is 4.74 Å². The van der Waals surface area contributed by atoms with Gasteiger partial charge in [-0.05, 0) is 18.9 Å². The third-order valence-corrected chi connectivity index (χ3v) is 3.65. The zero-order valence-electron chi connectivity index (χ0n) is 10.6. The van der Waals surface area contributed by atoms with Gasteiger partial charge in [-0.2, -0.15) is 0 Å². The van der Waals surface area contributed by atoms with E-state index in [0.29, 0.717) is 0 Å². The van der Waals surface area contributed by atoms with Gasteiger partial charge in [0.05, 0.1) is 4.92 Å². The van der Waals surface area contributed by atoms with E-state index in [9.17, 15) is 10.1 Å². The summed E-state index contributed by atoms with van der Waals surface area (Å²) in [5.74, 6) is 0.726. The van der Waals surface area contributed by atoms with Crippen LogP contribution in [0.25, 0.3) is 6.08 Å². The molecular weight excluding hydrogens is 244 g/mol. The second-order valence-electron chi connectivity index (χ2n) is 4.93. The first-order chi connectivity index (χ1) is 9.25. The van der Waals surface area contributed by atoms with Gasteiger partial charge < -0.3 is 4.74 Å². The number of hydrogen-bond donors (Lipinski definition) is 0. The van der Waals surface area contributed by atoms with Gasteiger partial charge in [0.2, 0.25) is 6.23 Å². The van der Waals surface area contributed by atoms with Gasteiger partial charge in [0.1, 0.15) is 5.75 Å². The molecule has 2 aliphatic heterocycles. The molecule has 100 valence electrons. The predicted octanol–water partition coefficient (Wildman–Crippen LogP) is 2.51. The van der Waals surface area contributed by atoms with E-state index < -0.39 is 6.23 Å². The molecule has 0 spiro atoms. The van der Waals surface area contributed by atoms with Crippen molar-refractivity contribution in [3.8, 4) is 5.75 Å². The van der Waals surface area contributed by atoms with Crippen molar-refractivity contribution in [2.45, 2.75) is 25.5 Å². The highest BCUT2D eigenvalue weighted by atomic mass is 16.6. The van der Waals surface area contributed by atoms with Gasteiger partial charge in [-0.25, -0.2) is 0 Å². The lowest BCUT2D eigenvalue weighted by atomic mass is 10.1. The average Bonchev–Trinajstić information content (AvgIpc) is 2.46. The third kappa shape index (κ3) is 2.33. The summed E-state index contributed by atoms with van der Waals surface area (Å²) in [4.78, 5) is 13.0. The molecule has 0 bridgehead atoms. The highest BCUT2D eigenvalue weighted by molar-refractivity contribution is 5.61. The van der Waals surface area contributed by atoms with Crippen LogP contribution in [0.15, 0.2) is 30.0 Å². The molecule has 0 N–H and O–H groups in total. The summed E-state index contributed by atoms with van der Waals surface area (Å²) >= 11 is 0. The minimum Gasteiger partial charge on any atom is -0.464 e. The van der Waals surface area contributed by atoms with Crippen molar-refractivity contribution >= 4 is 6.08 Å². The molecular formula is C14H16N2O3. The van der Waals surface area contributed by atoms with E-state index in [1.807, 2.05) is 24.3 Å². The van der Waals surface area contributed by atoms with E-state index in [1.165, 1.54) is 6.42 Å². The second-order valence-corrected chi connectivity index (χ2v) is 4.93. The summed E-state index contributed by atoms with van der Waals surface area (Å²) in [6, 6.07) is 7.44. The van der Waals surface area contributed by atoms with Crippen LogP contribution in [0.5, 0.6) is 5.75 Å². The SMILES string of the molecule is O=[N+]([O-])C1=Cc2ccccc2OC1N1CCCCC1. The van der Waals surface area contributed by atoms with E-state index in [-0.39, 0.29) is 10.6 Å². The predicted molar refractivity (Wildman–Crippen MR) is 71.3 cm³/mol. The molecule has 1 aromatic carbocycles. The minimum atomic E-state index is -0.551. The maximum Gasteiger partial charge on any atom is 0.302 e. The molecule has 5 nitrogen and oxygen atoms in total. The molecule has 19 heavy (non-hydrogen) atoms. The summed E-state index contributed by atoms with van der Waals surface area (Å²) < 4.78 is 5.86. The Morgan fingerprint density at radius 1 is 1.21 bits per heavy atom. The van der Waals surface area contributed by atoms with Crippen LogP contribution in [0.2, 0.25) is 0 Å². The van der Waals surface area contributed by atoms with Gasteiger partial charge in [0.15, 0.2) is 0 Å². The number of piperidine rings is 1. The van der Waals surface area contributed by atoms with E-state index >= 15 is 0 Å². The minimum absolute atomic E-state index is 0.139. The highest BCUT2D eigenvalue weighted by Crippen LogP contribution is 2.31. The van der Waals surface area contributed by atoms with Gasteiger partial charge in [-0.15, -0.1) is 0 Å². The summed E-state index contributed by atoms with van der Waals surface area (Å²) in [6.45, 7) is 1.72. The molecule has 0 radical (unpaired) electrons. The number of nitro groups is 1. The number of ether oxygens (including phenoxy) is 1. The quantitative estimate of drug-likeness (QED) is 0.605. The highest BCUT2D eigenvalue weighted by Gasteiger charge is 2.36. The molecule has 0 aliphatic carbocycles. The van der Waals surface area contributed by atoms with E-state index in [0.717, 1.165) is 37.2 Å². The van der Waals surface area contributed by atoms with Crippen LogP contribution in [0, 0.1) is 10.1 Å². The Morgan fingerprint density at radius 2 is 1.95 bits per heavy atom. The molecule has 1 fully saturated rings. The third-order valence-electron chi connectivity index (χ3n) is 3.65. The van der Waals surface area contributed by atoms with Crippen LogP contribution in [0.1, 0.15) is 24.8 Å². The van der Waals surface area contributed by atoms with Crippen molar-refractivity contribution in [3.05, 3.63) is 45.6 Å².